The van der Waals surface area contributed by atoms with Gasteiger partial charge in [0.2, 0.25) is 0 Å². The number of hydrogen-bond donors (Lipinski definition) is 1. The molecule has 0 amide bonds. The predicted molar refractivity (Wildman–Crippen MR) is 68.2 cm³/mol. The molecule has 0 aromatic heterocycles. The lowest BCUT2D eigenvalue weighted by atomic mass is 10.00. The average Bonchev–Trinajstić information content (AvgIpc) is 2.51. The summed E-state index contributed by atoms with van der Waals surface area (Å²) in [6, 6.07) is 0.730. The molecule has 1 aliphatic carbocycles. The Morgan fingerprint density at radius 2 is 1.80 bits per heavy atom. The molecule has 0 aliphatic heterocycles. The van der Waals surface area contributed by atoms with E-state index in [2.05, 4.69) is 19.2 Å². The normalized spacial score (nSPS) is 21.2. The molecule has 1 aliphatic rings. The topological polar surface area (TPSA) is 12.0 Å². The number of hydrogen-bond acceptors (Lipinski definition) is 1. The van der Waals surface area contributed by atoms with Crippen molar-refractivity contribution in [3.05, 3.63) is 0 Å². The van der Waals surface area contributed by atoms with Gasteiger partial charge in [0, 0.05) is 6.04 Å². The van der Waals surface area contributed by atoms with Crippen molar-refractivity contribution in [2.24, 2.45) is 5.92 Å². The molecule has 0 saturated heterocycles. The third-order valence-corrected chi connectivity index (χ3v) is 3.72. The van der Waals surface area contributed by atoms with Crippen LogP contribution in [0.2, 0.25) is 0 Å². The van der Waals surface area contributed by atoms with Crippen molar-refractivity contribution in [3.63, 3.8) is 0 Å². The van der Waals surface area contributed by atoms with E-state index in [1.54, 1.807) is 0 Å². The Bertz CT molecular complexity index is 136. The van der Waals surface area contributed by atoms with Crippen molar-refractivity contribution in [2.75, 3.05) is 6.54 Å². The van der Waals surface area contributed by atoms with Crippen LogP contribution in [0.3, 0.4) is 0 Å². The summed E-state index contributed by atoms with van der Waals surface area (Å²) in [6.45, 7) is 5.88. The first-order valence-electron chi connectivity index (χ1n) is 7.06. The predicted octanol–water partition coefficient (Wildman–Crippen LogP) is 4.13. The minimum Gasteiger partial charge on any atom is -0.314 e. The molecule has 1 rings (SSSR count). The molecule has 1 saturated carbocycles. The summed E-state index contributed by atoms with van der Waals surface area (Å²) < 4.78 is 0. The number of nitrogens with one attached hydrogen (secondary N) is 1. The van der Waals surface area contributed by atoms with Gasteiger partial charge < -0.3 is 5.32 Å². The molecule has 0 spiro atoms. The van der Waals surface area contributed by atoms with E-state index >= 15 is 0 Å². The largest absolute Gasteiger partial charge is 0.314 e. The third-order valence-electron chi connectivity index (χ3n) is 3.72. The van der Waals surface area contributed by atoms with Gasteiger partial charge in [0.25, 0.3) is 0 Å². The van der Waals surface area contributed by atoms with Crippen molar-refractivity contribution >= 4 is 0 Å². The summed E-state index contributed by atoms with van der Waals surface area (Å²) in [7, 11) is 0. The molecular formula is C14H29N. The van der Waals surface area contributed by atoms with E-state index in [9.17, 15) is 0 Å². The summed E-state index contributed by atoms with van der Waals surface area (Å²) in [6.07, 6.45) is 12.9. The van der Waals surface area contributed by atoms with E-state index in [-0.39, 0.29) is 0 Å². The SMILES string of the molecule is CCCCC(C)NCC1CCCCCC1. The fraction of sp³-hybridized carbons (Fsp3) is 1.00. The lowest BCUT2D eigenvalue weighted by Gasteiger charge is -2.19. The first-order chi connectivity index (χ1) is 7.33. The van der Waals surface area contributed by atoms with E-state index in [1.807, 2.05) is 0 Å². The van der Waals surface area contributed by atoms with Gasteiger partial charge in [-0.05, 0) is 38.6 Å². The maximum Gasteiger partial charge on any atom is 0.00388 e. The Labute approximate surface area is 96.0 Å². The first-order valence-corrected chi connectivity index (χ1v) is 7.06. The van der Waals surface area contributed by atoms with Gasteiger partial charge in [-0.25, -0.2) is 0 Å². The molecule has 90 valence electrons. The van der Waals surface area contributed by atoms with E-state index < -0.39 is 0 Å². The molecule has 0 heterocycles. The number of unbranched alkanes of at least 4 members (excludes halogenated alkanes) is 1. The minimum absolute atomic E-state index is 0.730. The molecule has 1 atom stereocenters. The molecule has 1 heteroatoms. The maximum absolute atomic E-state index is 3.71. The van der Waals surface area contributed by atoms with Gasteiger partial charge in [0.05, 0.1) is 0 Å². The van der Waals surface area contributed by atoms with Gasteiger partial charge >= 0.3 is 0 Å². The highest BCUT2D eigenvalue weighted by Crippen LogP contribution is 2.22. The van der Waals surface area contributed by atoms with Crippen molar-refractivity contribution in [1.82, 2.24) is 5.32 Å². The van der Waals surface area contributed by atoms with Crippen LogP contribution in [-0.2, 0) is 0 Å². The third kappa shape index (κ3) is 6.19. The fourth-order valence-electron chi connectivity index (χ4n) is 2.55. The van der Waals surface area contributed by atoms with E-state index in [4.69, 9.17) is 0 Å². The van der Waals surface area contributed by atoms with Gasteiger partial charge in [-0.3, -0.25) is 0 Å². The maximum atomic E-state index is 3.71. The molecule has 1 fully saturated rings. The zero-order chi connectivity index (χ0) is 10.9. The molecule has 0 aromatic rings. The molecule has 1 unspecified atom stereocenters. The second-order valence-corrected chi connectivity index (χ2v) is 5.31. The Morgan fingerprint density at radius 1 is 1.13 bits per heavy atom. The minimum atomic E-state index is 0.730. The van der Waals surface area contributed by atoms with Crippen LogP contribution in [0.5, 0.6) is 0 Å². The van der Waals surface area contributed by atoms with Crippen LogP contribution >= 0.6 is 0 Å². The summed E-state index contributed by atoms with van der Waals surface area (Å²) >= 11 is 0. The van der Waals surface area contributed by atoms with Gasteiger partial charge in [0.1, 0.15) is 0 Å². The second kappa shape index (κ2) is 8.15. The quantitative estimate of drug-likeness (QED) is 0.652. The van der Waals surface area contributed by atoms with Crippen LogP contribution in [0.15, 0.2) is 0 Å². The van der Waals surface area contributed by atoms with Crippen molar-refractivity contribution in [3.8, 4) is 0 Å². The highest BCUT2D eigenvalue weighted by molar-refractivity contribution is 4.69. The Kier molecular flexibility index (Phi) is 7.08. The monoisotopic (exact) mass is 211 g/mol. The summed E-state index contributed by atoms with van der Waals surface area (Å²) in [5.74, 6) is 0.969. The first kappa shape index (κ1) is 13.0. The lowest BCUT2D eigenvalue weighted by Crippen LogP contribution is -2.31. The molecule has 15 heavy (non-hydrogen) atoms. The Hall–Kier alpha value is -0.0400. The smallest absolute Gasteiger partial charge is 0.00388 e. The zero-order valence-corrected chi connectivity index (χ0v) is 10.7. The zero-order valence-electron chi connectivity index (χ0n) is 10.7. The molecule has 0 aromatic carbocycles. The van der Waals surface area contributed by atoms with Crippen LogP contribution in [0, 0.1) is 5.92 Å². The molecule has 0 bridgehead atoms. The van der Waals surface area contributed by atoms with Gasteiger partial charge in [-0.2, -0.15) is 0 Å². The van der Waals surface area contributed by atoms with E-state index in [0.29, 0.717) is 0 Å². The molecule has 0 radical (unpaired) electrons. The highest BCUT2D eigenvalue weighted by atomic mass is 14.9. The fourth-order valence-corrected chi connectivity index (χ4v) is 2.55. The van der Waals surface area contributed by atoms with Crippen LogP contribution in [-0.4, -0.2) is 12.6 Å². The van der Waals surface area contributed by atoms with Gasteiger partial charge in [-0.15, -0.1) is 0 Å². The van der Waals surface area contributed by atoms with Crippen LogP contribution in [0.1, 0.15) is 71.6 Å². The van der Waals surface area contributed by atoms with E-state index in [1.165, 1.54) is 64.3 Å². The number of rotatable bonds is 6. The van der Waals surface area contributed by atoms with Crippen LogP contribution in [0.4, 0.5) is 0 Å². The molecular weight excluding hydrogens is 182 g/mol. The van der Waals surface area contributed by atoms with Crippen LogP contribution < -0.4 is 5.32 Å². The molecule has 1 N–H and O–H groups in total. The Morgan fingerprint density at radius 3 is 2.40 bits per heavy atom. The standard InChI is InChI=1S/C14H29N/c1-3-4-9-13(2)15-12-14-10-7-5-6-8-11-14/h13-15H,3-12H2,1-2H3. The van der Waals surface area contributed by atoms with E-state index in [0.717, 1.165) is 12.0 Å². The average molecular weight is 211 g/mol. The second-order valence-electron chi connectivity index (χ2n) is 5.31. The van der Waals surface area contributed by atoms with Crippen LogP contribution in [0.25, 0.3) is 0 Å². The highest BCUT2D eigenvalue weighted by Gasteiger charge is 2.12. The van der Waals surface area contributed by atoms with Crippen molar-refractivity contribution < 1.29 is 0 Å². The van der Waals surface area contributed by atoms with Gasteiger partial charge in [-0.1, -0.05) is 45.4 Å². The van der Waals surface area contributed by atoms with Crippen molar-refractivity contribution in [2.45, 2.75) is 77.7 Å². The summed E-state index contributed by atoms with van der Waals surface area (Å²) in [4.78, 5) is 0. The Balaban J connectivity index is 2.06. The lowest BCUT2D eigenvalue weighted by molar-refractivity contribution is 0.387. The van der Waals surface area contributed by atoms with Gasteiger partial charge in [0.15, 0.2) is 0 Å². The van der Waals surface area contributed by atoms with Crippen molar-refractivity contribution in [1.29, 1.82) is 0 Å². The summed E-state index contributed by atoms with van der Waals surface area (Å²) in [5, 5.41) is 3.71. The molecule has 1 nitrogen and oxygen atoms in total. The summed E-state index contributed by atoms with van der Waals surface area (Å²) in [5.41, 5.74) is 0.